The molecular formula is C13H24N4. The highest BCUT2D eigenvalue weighted by atomic mass is 15.1. The Morgan fingerprint density at radius 1 is 1.41 bits per heavy atom. The topological polar surface area (TPSA) is 44.0 Å². The normalized spacial score (nSPS) is 19.4. The molecule has 96 valence electrons. The van der Waals surface area contributed by atoms with Gasteiger partial charge in [0.1, 0.15) is 0 Å². The fraction of sp³-hybridized carbons (Fsp3) is 0.769. The number of H-pyrrole nitrogens is 1. The quantitative estimate of drug-likeness (QED) is 0.789. The maximum absolute atomic E-state index is 4.01. The van der Waals surface area contributed by atoms with Gasteiger partial charge < -0.3 is 15.2 Å². The van der Waals surface area contributed by atoms with Crippen LogP contribution in [-0.2, 0) is 6.54 Å². The van der Waals surface area contributed by atoms with E-state index in [1.54, 1.807) is 6.33 Å². The van der Waals surface area contributed by atoms with Gasteiger partial charge in [0.15, 0.2) is 0 Å². The van der Waals surface area contributed by atoms with Gasteiger partial charge in [0.25, 0.3) is 0 Å². The predicted octanol–water partition coefficient (Wildman–Crippen LogP) is 1.62. The molecule has 4 heteroatoms. The summed E-state index contributed by atoms with van der Waals surface area (Å²) < 4.78 is 0. The molecule has 1 aromatic heterocycles. The standard InChI is InChI=1S/C13H24N4/c1-12(10-17-5-3-2-4-6-17)7-14-8-13-9-15-11-16-13/h9,11-12,14H,2-8,10H2,1H3,(H,15,16). The van der Waals surface area contributed by atoms with Gasteiger partial charge in [0, 0.05) is 25.0 Å². The lowest BCUT2D eigenvalue weighted by molar-refractivity contribution is 0.199. The number of hydrogen-bond acceptors (Lipinski definition) is 3. The third kappa shape index (κ3) is 4.48. The van der Waals surface area contributed by atoms with Crippen molar-refractivity contribution in [2.24, 2.45) is 5.92 Å². The Bertz CT molecular complexity index is 290. The SMILES string of the molecule is CC(CNCc1cnc[nH]1)CN1CCCCC1. The molecule has 0 spiro atoms. The minimum atomic E-state index is 0.719. The predicted molar refractivity (Wildman–Crippen MR) is 69.7 cm³/mol. The number of likely N-dealkylation sites (tertiary alicyclic amines) is 1. The smallest absolute Gasteiger partial charge is 0.0922 e. The first-order valence-electron chi connectivity index (χ1n) is 6.75. The van der Waals surface area contributed by atoms with Gasteiger partial charge in [-0.05, 0) is 38.4 Å². The van der Waals surface area contributed by atoms with Gasteiger partial charge in [0.2, 0.25) is 0 Å². The van der Waals surface area contributed by atoms with Crippen LogP contribution >= 0.6 is 0 Å². The summed E-state index contributed by atoms with van der Waals surface area (Å²) >= 11 is 0. The number of rotatable bonds is 6. The maximum Gasteiger partial charge on any atom is 0.0922 e. The molecule has 17 heavy (non-hydrogen) atoms. The summed E-state index contributed by atoms with van der Waals surface area (Å²) in [6, 6.07) is 0. The molecule has 0 aliphatic carbocycles. The number of aromatic amines is 1. The van der Waals surface area contributed by atoms with Gasteiger partial charge in [-0.15, -0.1) is 0 Å². The lowest BCUT2D eigenvalue weighted by Crippen LogP contribution is -2.36. The van der Waals surface area contributed by atoms with Crippen LogP contribution in [0.15, 0.2) is 12.5 Å². The molecule has 1 atom stereocenters. The molecule has 2 rings (SSSR count). The van der Waals surface area contributed by atoms with Crippen LogP contribution in [0.4, 0.5) is 0 Å². The van der Waals surface area contributed by atoms with Crippen molar-refractivity contribution in [2.75, 3.05) is 26.2 Å². The summed E-state index contributed by atoms with van der Waals surface area (Å²) in [5.74, 6) is 0.719. The molecule has 1 fully saturated rings. The summed E-state index contributed by atoms with van der Waals surface area (Å²) in [7, 11) is 0. The summed E-state index contributed by atoms with van der Waals surface area (Å²) in [4.78, 5) is 9.72. The van der Waals surface area contributed by atoms with Crippen molar-refractivity contribution in [3.05, 3.63) is 18.2 Å². The minimum absolute atomic E-state index is 0.719. The third-order valence-corrected chi connectivity index (χ3v) is 3.38. The van der Waals surface area contributed by atoms with E-state index in [1.165, 1.54) is 38.9 Å². The molecule has 2 heterocycles. The Labute approximate surface area is 104 Å². The van der Waals surface area contributed by atoms with Crippen molar-refractivity contribution in [3.8, 4) is 0 Å². The molecule has 2 N–H and O–H groups in total. The molecule has 1 aromatic rings. The van der Waals surface area contributed by atoms with Gasteiger partial charge in [-0.25, -0.2) is 4.98 Å². The second-order valence-corrected chi connectivity index (χ2v) is 5.17. The van der Waals surface area contributed by atoms with Gasteiger partial charge in [-0.2, -0.15) is 0 Å². The molecule has 1 aliphatic heterocycles. The van der Waals surface area contributed by atoms with E-state index in [-0.39, 0.29) is 0 Å². The van der Waals surface area contributed by atoms with E-state index >= 15 is 0 Å². The molecule has 0 radical (unpaired) electrons. The highest BCUT2D eigenvalue weighted by Gasteiger charge is 2.12. The van der Waals surface area contributed by atoms with Crippen LogP contribution in [0.2, 0.25) is 0 Å². The number of aromatic nitrogens is 2. The van der Waals surface area contributed by atoms with E-state index in [9.17, 15) is 0 Å². The Hall–Kier alpha value is -0.870. The van der Waals surface area contributed by atoms with Crippen molar-refractivity contribution >= 4 is 0 Å². The van der Waals surface area contributed by atoms with Crippen LogP contribution in [0.25, 0.3) is 0 Å². The van der Waals surface area contributed by atoms with Gasteiger partial charge in [-0.1, -0.05) is 13.3 Å². The van der Waals surface area contributed by atoms with Crippen molar-refractivity contribution < 1.29 is 0 Å². The Morgan fingerprint density at radius 3 is 2.94 bits per heavy atom. The first kappa shape index (κ1) is 12.6. The average Bonchev–Trinajstić information content (AvgIpc) is 2.83. The van der Waals surface area contributed by atoms with E-state index in [1.807, 2.05) is 6.20 Å². The first-order valence-corrected chi connectivity index (χ1v) is 6.75. The molecule has 4 nitrogen and oxygen atoms in total. The zero-order valence-corrected chi connectivity index (χ0v) is 10.8. The number of piperidine rings is 1. The summed E-state index contributed by atoms with van der Waals surface area (Å²) in [5.41, 5.74) is 1.16. The van der Waals surface area contributed by atoms with Crippen LogP contribution < -0.4 is 5.32 Å². The van der Waals surface area contributed by atoms with Crippen LogP contribution in [0.3, 0.4) is 0 Å². The fourth-order valence-corrected chi connectivity index (χ4v) is 2.48. The van der Waals surface area contributed by atoms with Crippen LogP contribution in [0.1, 0.15) is 31.9 Å². The minimum Gasteiger partial charge on any atom is -0.347 e. The van der Waals surface area contributed by atoms with Crippen molar-refractivity contribution in [3.63, 3.8) is 0 Å². The Balaban J connectivity index is 1.58. The number of nitrogens with zero attached hydrogens (tertiary/aromatic N) is 2. The Kier molecular flexibility index (Phi) is 5.01. The molecule has 1 unspecified atom stereocenters. The number of nitrogens with one attached hydrogen (secondary N) is 2. The van der Waals surface area contributed by atoms with Crippen molar-refractivity contribution in [1.82, 2.24) is 20.2 Å². The molecule has 1 saturated heterocycles. The van der Waals surface area contributed by atoms with Crippen molar-refractivity contribution in [2.45, 2.75) is 32.7 Å². The van der Waals surface area contributed by atoms with Gasteiger partial charge >= 0.3 is 0 Å². The second-order valence-electron chi connectivity index (χ2n) is 5.17. The molecule has 0 aromatic carbocycles. The zero-order chi connectivity index (χ0) is 11.9. The largest absolute Gasteiger partial charge is 0.347 e. The van der Waals surface area contributed by atoms with Gasteiger partial charge in [-0.3, -0.25) is 0 Å². The molecular weight excluding hydrogens is 212 g/mol. The van der Waals surface area contributed by atoms with E-state index < -0.39 is 0 Å². The molecule has 0 amide bonds. The molecule has 0 saturated carbocycles. The molecule has 0 bridgehead atoms. The van der Waals surface area contributed by atoms with Crippen molar-refractivity contribution in [1.29, 1.82) is 0 Å². The Morgan fingerprint density at radius 2 is 2.24 bits per heavy atom. The van der Waals surface area contributed by atoms with E-state index in [0.29, 0.717) is 0 Å². The third-order valence-electron chi connectivity index (χ3n) is 3.38. The lowest BCUT2D eigenvalue weighted by Gasteiger charge is -2.29. The number of imidazole rings is 1. The van der Waals surface area contributed by atoms with Crippen LogP contribution in [0, 0.1) is 5.92 Å². The highest BCUT2D eigenvalue weighted by molar-refractivity contribution is 4.93. The van der Waals surface area contributed by atoms with E-state index in [4.69, 9.17) is 0 Å². The fourth-order valence-electron chi connectivity index (χ4n) is 2.48. The van der Waals surface area contributed by atoms with Crippen LogP contribution in [0.5, 0.6) is 0 Å². The van der Waals surface area contributed by atoms with Crippen LogP contribution in [-0.4, -0.2) is 41.0 Å². The first-order chi connectivity index (χ1) is 8.34. The summed E-state index contributed by atoms with van der Waals surface area (Å²) in [6.45, 7) is 8.13. The zero-order valence-electron chi connectivity index (χ0n) is 10.8. The average molecular weight is 236 g/mol. The maximum atomic E-state index is 4.01. The summed E-state index contributed by atoms with van der Waals surface area (Å²) in [6.07, 6.45) is 7.79. The number of hydrogen-bond donors (Lipinski definition) is 2. The van der Waals surface area contributed by atoms with E-state index in [0.717, 1.165) is 24.7 Å². The monoisotopic (exact) mass is 236 g/mol. The van der Waals surface area contributed by atoms with Gasteiger partial charge in [0.05, 0.1) is 6.33 Å². The lowest BCUT2D eigenvalue weighted by atomic mass is 10.1. The van der Waals surface area contributed by atoms with E-state index in [2.05, 4.69) is 27.1 Å². The second kappa shape index (κ2) is 6.77. The summed E-state index contributed by atoms with van der Waals surface area (Å²) in [5, 5.41) is 3.48. The highest BCUT2D eigenvalue weighted by Crippen LogP contribution is 2.10. The molecule has 1 aliphatic rings.